The second-order valence-corrected chi connectivity index (χ2v) is 10.1. The Labute approximate surface area is 211 Å². The van der Waals surface area contributed by atoms with Crippen LogP contribution in [0.1, 0.15) is 27.2 Å². The van der Waals surface area contributed by atoms with Gasteiger partial charge in [-0.3, -0.25) is 19.9 Å². The van der Waals surface area contributed by atoms with Crippen LogP contribution in [0.15, 0.2) is 66.1 Å². The minimum atomic E-state index is -0.103. The first-order valence-electron chi connectivity index (χ1n) is 11.8. The Morgan fingerprint density at radius 1 is 1.03 bits per heavy atom. The highest BCUT2D eigenvalue weighted by atomic mass is 16.3. The van der Waals surface area contributed by atoms with Crippen molar-refractivity contribution in [2.75, 3.05) is 5.32 Å². The zero-order valence-electron chi connectivity index (χ0n) is 20.5. The van der Waals surface area contributed by atoms with E-state index in [-0.39, 0.29) is 11.3 Å². The molecule has 0 bridgehead atoms. The van der Waals surface area contributed by atoms with Gasteiger partial charge in [-0.05, 0) is 23.6 Å². The van der Waals surface area contributed by atoms with Crippen LogP contribution < -0.4 is 5.32 Å². The first-order chi connectivity index (χ1) is 17.8. The van der Waals surface area contributed by atoms with Crippen LogP contribution in [0.25, 0.3) is 55.8 Å². The number of imidazole rings is 1. The number of H-pyrrole nitrogens is 2. The molecule has 0 saturated heterocycles. The second kappa shape index (κ2) is 8.66. The van der Waals surface area contributed by atoms with Crippen LogP contribution in [0, 0.1) is 5.41 Å². The number of rotatable bonds is 5. The molecule has 0 unspecified atom stereocenters. The van der Waals surface area contributed by atoms with E-state index < -0.39 is 0 Å². The normalized spacial score (nSPS) is 11.9. The van der Waals surface area contributed by atoms with Crippen molar-refractivity contribution in [3.8, 4) is 33.8 Å². The van der Waals surface area contributed by atoms with Crippen LogP contribution in [-0.4, -0.2) is 41.0 Å². The van der Waals surface area contributed by atoms with Gasteiger partial charge in [0.15, 0.2) is 11.5 Å². The molecule has 0 aromatic carbocycles. The summed E-state index contributed by atoms with van der Waals surface area (Å²) in [5, 5.41) is 11.2. The number of nitrogens with zero attached hydrogens (tertiary/aromatic N) is 5. The Bertz CT molecular complexity index is 1740. The molecule has 37 heavy (non-hydrogen) atoms. The molecule has 0 saturated carbocycles. The van der Waals surface area contributed by atoms with Crippen molar-refractivity contribution in [3.05, 3.63) is 61.7 Å². The zero-order valence-corrected chi connectivity index (χ0v) is 20.5. The molecule has 0 fully saturated rings. The third-order valence-electron chi connectivity index (χ3n) is 5.91. The molecule has 6 heterocycles. The molecule has 10 nitrogen and oxygen atoms in total. The van der Waals surface area contributed by atoms with Gasteiger partial charge in [0.05, 0.1) is 41.5 Å². The summed E-state index contributed by atoms with van der Waals surface area (Å²) in [6.07, 6.45) is 12.3. The van der Waals surface area contributed by atoms with Gasteiger partial charge in [0.1, 0.15) is 11.2 Å². The van der Waals surface area contributed by atoms with Gasteiger partial charge in [-0.1, -0.05) is 20.8 Å². The third kappa shape index (κ3) is 4.44. The number of aromatic nitrogens is 7. The van der Waals surface area contributed by atoms with Crippen LogP contribution in [-0.2, 0) is 4.79 Å². The van der Waals surface area contributed by atoms with E-state index in [1.165, 1.54) is 0 Å². The smallest absolute Gasteiger partial charge is 0.224 e. The van der Waals surface area contributed by atoms with Gasteiger partial charge in [-0.15, -0.1) is 0 Å². The third-order valence-corrected chi connectivity index (χ3v) is 5.91. The monoisotopic (exact) mass is 492 g/mol. The fourth-order valence-electron chi connectivity index (χ4n) is 4.27. The molecule has 10 heteroatoms. The lowest BCUT2D eigenvalue weighted by atomic mass is 9.92. The molecule has 6 aromatic heterocycles. The number of amides is 1. The molecular formula is C27H24N8O2. The van der Waals surface area contributed by atoms with Crippen molar-refractivity contribution in [1.82, 2.24) is 35.1 Å². The van der Waals surface area contributed by atoms with Crippen LogP contribution >= 0.6 is 0 Å². The van der Waals surface area contributed by atoms with Crippen molar-refractivity contribution < 1.29 is 9.21 Å². The fraction of sp³-hybridized carbons (Fsp3) is 0.185. The molecule has 0 spiro atoms. The van der Waals surface area contributed by atoms with E-state index in [1.807, 2.05) is 39.0 Å². The van der Waals surface area contributed by atoms with Gasteiger partial charge >= 0.3 is 0 Å². The Morgan fingerprint density at radius 2 is 1.86 bits per heavy atom. The Kier molecular flexibility index (Phi) is 5.29. The maximum absolute atomic E-state index is 12.4. The van der Waals surface area contributed by atoms with E-state index in [9.17, 15) is 4.79 Å². The number of pyridine rings is 3. The van der Waals surface area contributed by atoms with E-state index in [0.29, 0.717) is 29.3 Å². The van der Waals surface area contributed by atoms with E-state index in [2.05, 4.69) is 35.5 Å². The Hall–Kier alpha value is -4.86. The van der Waals surface area contributed by atoms with Crippen LogP contribution in [0.3, 0.4) is 0 Å². The minimum absolute atomic E-state index is 0.0497. The Balaban J connectivity index is 1.36. The van der Waals surface area contributed by atoms with Crippen molar-refractivity contribution in [2.24, 2.45) is 5.41 Å². The summed E-state index contributed by atoms with van der Waals surface area (Å²) in [5.74, 6) is 0.547. The van der Waals surface area contributed by atoms with Crippen LogP contribution in [0.5, 0.6) is 0 Å². The average molecular weight is 493 g/mol. The first kappa shape index (κ1) is 22.6. The Morgan fingerprint density at radius 3 is 2.68 bits per heavy atom. The second-order valence-electron chi connectivity index (χ2n) is 10.1. The molecule has 184 valence electrons. The molecular weight excluding hydrogens is 468 g/mol. The highest BCUT2D eigenvalue weighted by Crippen LogP contribution is 2.32. The number of hydrogen-bond donors (Lipinski definition) is 3. The number of anilines is 1. The lowest BCUT2D eigenvalue weighted by Gasteiger charge is -2.17. The minimum Gasteiger partial charge on any atom is -0.472 e. The van der Waals surface area contributed by atoms with Gasteiger partial charge in [0.25, 0.3) is 0 Å². The number of nitrogens with one attached hydrogen (secondary N) is 3. The quantitative estimate of drug-likeness (QED) is 0.285. The van der Waals surface area contributed by atoms with Gasteiger partial charge in [-0.2, -0.15) is 5.10 Å². The molecule has 0 atom stereocenters. The number of furan rings is 1. The van der Waals surface area contributed by atoms with Crippen molar-refractivity contribution in [2.45, 2.75) is 27.2 Å². The summed E-state index contributed by atoms with van der Waals surface area (Å²) in [4.78, 5) is 33.8. The number of carbonyl (C=O) groups is 1. The van der Waals surface area contributed by atoms with E-state index in [4.69, 9.17) is 9.40 Å². The van der Waals surface area contributed by atoms with Crippen LogP contribution in [0.2, 0.25) is 0 Å². The molecule has 0 radical (unpaired) electrons. The van der Waals surface area contributed by atoms with Gasteiger partial charge in [0.2, 0.25) is 5.91 Å². The van der Waals surface area contributed by atoms with E-state index in [0.717, 1.165) is 38.7 Å². The molecule has 1 amide bonds. The molecule has 0 aliphatic rings. The molecule has 3 N–H and O–H groups in total. The van der Waals surface area contributed by atoms with Crippen molar-refractivity contribution in [3.63, 3.8) is 0 Å². The van der Waals surface area contributed by atoms with Crippen molar-refractivity contribution >= 4 is 33.7 Å². The largest absolute Gasteiger partial charge is 0.472 e. The predicted molar refractivity (Wildman–Crippen MR) is 140 cm³/mol. The molecule has 0 aliphatic carbocycles. The lowest BCUT2D eigenvalue weighted by Crippen LogP contribution is -2.19. The van der Waals surface area contributed by atoms with Crippen molar-refractivity contribution in [1.29, 1.82) is 0 Å². The summed E-state index contributed by atoms with van der Waals surface area (Å²) >= 11 is 0. The topological polar surface area (TPSA) is 138 Å². The standard InChI is InChI=1S/C27H24N8O2/c1-27(2,3)8-22(36)31-18-6-16(9-28-11-18)17-7-19-24(34-35-25(19)30-10-17)26-32-21-13-29-12-20(23(21)33-26)15-4-5-37-14-15/h4-7,9-14H,8H2,1-3H3,(H,31,36)(H,32,33)(H,30,34,35). The summed E-state index contributed by atoms with van der Waals surface area (Å²) in [6.45, 7) is 6.09. The summed E-state index contributed by atoms with van der Waals surface area (Å²) in [7, 11) is 0. The zero-order chi connectivity index (χ0) is 25.6. The summed E-state index contributed by atoms with van der Waals surface area (Å²) in [5.41, 5.74) is 6.79. The fourth-order valence-corrected chi connectivity index (χ4v) is 4.27. The predicted octanol–water partition coefficient (Wildman–Crippen LogP) is 5.59. The molecule has 6 rings (SSSR count). The van der Waals surface area contributed by atoms with Gasteiger partial charge < -0.3 is 14.7 Å². The SMILES string of the molecule is CC(C)(C)CC(=O)Nc1cncc(-c2cnc3[nH]nc(-c4nc5c(-c6ccoc6)cncc5[nH]4)c3c2)c1. The molecule has 6 aromatic rings. The lowest BCUT2D eigenvalue weighted by molar-refractivity contribution is -0.117. The van der Waals surface area contributed by atoms with Crippen LogP contribution in [0.4, 0.5) is 5.69 Å². The average Bonchev–Trinajstić information content (AvgIpc) is 3.61. The number of hydrogen-bond acceptors (Lipinski definition) is 7. The highest BCUT2D eigenvalue weighted by molar-refractivity contribution is 5.97. The maximum atomic E-state index is 12.4. The number of fused-ring (bicyclic) bond motifs is 2. The van der Waals surface area contributed by atoms with E-state index in [1.54, 1.807) is 43.5 Å². The van der Waals surface area contributed by atoms with E-state index >= 15 is 0 Å². The van der Waals surface area contributed by atoms with Gasteiger partial charge in [0, 0.05) is 47.3 Å². The number of carbonyl (C=O) groups excluding carboxylic acids is 1. The summed E-state index contributed by atoms with van der Waals surface area (Å²) in [6, 6.07) is 5.75. The number of aromatic amines is 2. The maximum Gasteiger partial charge on any atom is 0.224 e. The highest BCUT2D eigenvalue weighted by Gasteiger charge is 2.18. The summed E-state index contributed by atoms with van der Waals surface area (Å²) < 4.78 is 5.24. The molecule has 0 aliphatic heterocycles. The van der Waals surface area contributed by atoms with Gasteiger partial charge in [-0.25, -0.2) is 9.97 Å². The first-order valence-corrected chi connectivity index (χ1v) is 11.8.